The van der Waals surface area contributed by atoms with Crippen molar-refractivity contribution < 1.29 is 14.2 Å². The maximum Gasteiger partial charge on any atom is 0.315 e. The van der Waals surface area contributed by atoms with Crippen molar-refractivity contribution in [1.82, 2.24) is 26.1 Å². The van der Waals surface area contributed by atoms with Gasteiger partial charge in [0, 0.05) is 31.1 Å². The molecule has 1 unspecified atom stereocenters. The first-order chi connectivity index (χ1) is 12.0. The minimum atomic E-state index is -0.472. The normalized spacial score (nSPS) is 11.8. The molecule has 0 aliphatic rings. The number of nitrogens with zero attached hydrogens (tertiary/aromatic N) is 3. The van der Waals surface area contributed by atoms with Crippen LogP contribution in [0.4, 0.5) is 10.5 Å². The molecule has 2 amide bonds. The molecule has 0 bridgehead atoms. The summed E-state index contributed by atoms with van der Waals surface area (Å²) in [7, 11) is 1.85. The van der Waals surface area contributed by atoms with Crippen LogP contribution in [-0.4, -0.2) is 34.2 Å². The fourth-order valence-electron chi connectivity index (χ4n) is 1.96. The van der Waals surface area contributed by atoms with Gasteiger partial charge in [-0.05, 0) is 19.5 Å². The third-order valence-electron chi connectivity index (χ3n) is 3.49. The molecule has 0 fully saturated rings. The summed E-state index contributed by atoms with van der Waals surface area (Å²) in [5.74, 6) is 0.897. The smallest absolute Gasteiger partial charge is 0.315 e. The molecule has 0 spiro atoms. The number of amides is 2. The minimum absolute atomic E-state index is 0.00740. The highest BCUT2D eigenvalue weighted by molar-refractivity contribution is 5.73. The zero-order valence-electron chi connectivity index (χ0n) is 14.0. The molecule has 0 aliphatic carbocycles. The summed E-state index contributed by atoms with van der Waals surface area (Å²) < 4.78 is 5.06. The van der Waals surface area contributed by atoms with Gasteiger partial charge in [0.2, 0.25) is 5.89 Å². The Morgan fingerprint density at radius 3 is 2.60 bits per heavy atom. The van der Waals surface area contributed by atoms with Gasteiger partial charge in [0.05, 0.1) is 11.5 Å². The summed E-state index contributed by atoms with van der Waals surface area (Å²) in [6.07, 6.45) is 0.631. The molecule has 2 rings (SSSR count). The molecule has 1 aromatic carbocycles. The summed E-state index contributed by atoms with van der Waals surface area (Å²) in [4.78, 5) is 26.1. The summed E-state index contributed by atoms with van der Waals surface area (Å²) in [5, 5.41) is 22.8. The van der Waals surface area contributed by atoms with E-state index in [-0.39, 0.29) is 24.8 Å². The van der Waals surface area contributed by atoms with Gasteiger partial charge in [-0.25, -0.2) is 4.79 Å². The molecule has 2 aromatic rings. The fraction of sp³-hybridized carbons (Fsp3) is 0.400. The zero-order chi connectivity index (χ0) is 18.2. The van der Waals surface area contributed by atoms with E-state index in [0.29, 0.717) is 18.1 Å². The van der Waals surface area contributed by atoms with E-state index in [1.807, 2.05) is 14.0 Å². The summed E-state index contributed by atoms with van der Waals surface area (Å²) in [6.45, 7) is 2.37. The van der Waals surface area contributed by atoms with E-state index in [9.17, 15) is 14.9 Å². The van der Waals surface area contributed by atoms with Gasteiger partial charge in [-0.15, -0.1) is 0 Å². The van der Waals surface area contributed by atoms with Crippen LogP contribution in [0, 0.1) is 10.1 Å². The lowest BCUT2D eigenvalue weighted by Crippen LogP contribution is -2.34. The first kappa shape index (κ1) is 18.3. The van der Waals surface area contributed by atoms with Crippen LogP contribution in [0.15, 0.2) is 28.8 Å². The van der Waals surface area contributed by atoms with E-state index in [1.165, 1.54) is 12.1 Å². The predicted octanol–water partition coefficient (Wildman–Crippen LogP) is 1.13. The van der Waals surface area contributed by atoms with Crippen molar-refractivity contribution in [3.8, 4) is 0 Å². The molecule has 0 radical (unpaired) electrons. The fourth-order valence-corrected chi connectivity index (χ4v) is 1.96. The number of non-ortho nitro benzene ring substituents is 1. The number of aromatic nitrogens is 2. The highest BCUT2D eigenvalue weighted by Crippen LogP contribution is 2.11. The highest BCUT2D eigenvalue weighted by Gasteiger charge is 2.10. The topological polar surface area (TPSA) is 135 Å². The van der Waals surface area contributed by atoms with Crippen molar-refractivity contribution in [2.75, 3.05) is 7.05 Å². The number of nitro groups is 1. The van der Waals surface area contributed by atoms with Crippen molar-refractivity contribution in [1.29, 1.82) is 0 Å². The van der Waals surface area contributed by atoms with Gasteiger partial charge in [-0.3, -0.25) is 10.1 Å². The van der Waals surface area contributed by atoms with Gasteiger partial charge in [0.25, 0.3) is 5.69 Å². The standard InChI is InChI=1S/C15H20N6O4/c1-10(16-2)7-13-19-14(25-20-13)9-18-15(22)17-8-11-3-5-12(6-4-11)21(23)24/h3-6,10,16H,7-9H2,1-2H3,(H2,17,18,22). The van der Waals surface area contributed by atoms with Crippen molar-refractivity contribution >= 4 is 11.7 Å². The molecule has 0 aliphatic heterocycles. The van der Waals surface area contributed by atoms with Crippen LogP contribution in [0.5, 0.6) is 0 Å². The zero-order valence-corrected chi connectivity index (χ0v) is 14.0. The number of nitro benzene ring substituents is 1. The molecule has 10 heteroatoms. The monoisotopic (exact) mass is 348 g/mol. The molecule has 1 aromatic heterocycles. The van der Waals surface area contributed by atoms with E-state index in [0.717, 1.165) is 5.56 Å². The number of likely N-dealkylation sites (N-methyl/N-ethyl adjacent to an activating group) is 1. The molecular formula is C15H20N6O4. The number of hydrogen-bond donors (Lipinski definition) is 3. The number of rotatable bonds is 8. The van der Waals surface area contributed by atoms with E-state index >= 15 is 0 Å². The van der Waals surface area contributed by atoms with Crippen LogP contribution >= 0.6 is 0 Å². The van der Waals surface area contributed by atoms with Gasteiger partial charge in [0.15, 0.2) is 5.82 Å². The van der Waals surface area contributed by atoms with Crippen LogP contribution in [0.25, 0.3) is 0 Å². The summed E-state index contributed by atoms with van der Waals surface area (Å²) in [6, 6.07) is 5.78. The van der Waals surface area contributed by atoms with Gasteiger partial charge < -0.3 is 20.5 Å². The van der Waals surface area contributed by atoms with Crippen LogP contribution < -0.4 is 16.0 Å². The van der Waals surface area contributed by atoms with Gasteiger partial charge in [0.1, 0.15) is 0 Å². The number of urea groups is 1. The lowest BCUT2D eigenvalue weighted by molar-refractivity contribution is -0.384. The van der Waals surface area contributed by atoms with Crippen LogP contribution in [0.2, 0.25) is 0 Å². The van der Waals surface area contributed by atoms with Crippen molar-refractivity contribution in [2.45, 2.75) is 32.5 Å². The lowest BCUT2D eigenvalue weighted by atomic mass is 10.2. The van der Waals surface area contributed by atoms with Crippen LogP contribution in [-0.2, 0) is 19.5 Å². The number of hydrogen-bond acceptors (Lipinski definition) is 7. The van der Waals surface area contributed by atoms with Crippen molar-refractivity contribution in [2.24, 2.45) is 0 Å². The number of carbonyl (C=O) groups excluding carboxylic acids is 1. The summed E-state index contributed by atoms with van der Waals surface area (Å²) in [5.41, 5.74) is 0.759. The third-order valence-corrected chi connectivity index (χ3v) is 3.49. The maximum absolute atomic E-state index is 11.8. The molecular weight excluding hydrogens is 328 g/mol. The summed E-state index contributed by atoms with van der Waals surface area (Å²) >= 11 is 0. The van der Waals surface area contributed by atoms with Crippen molar-refractivity contribution in [3.63, 3.8) is 0 Å². The Bertz CT molecular complexity index is 715. The van der Waals surface area contributed by atoms with Crippen LogP contribution in [0.3, 0.4) is 0 Å². The van der Waals surface area contributed by atoms with E-state index in [1.54, 1.807) is 12.1 Å². The molecule has 134 valence electrons. The molecule has 0 saturated carbocycles. The van der Waals surface area contributed by atoms with E-state index in [4.69, 9.17) is 4.52 Å². The Hall–Kier alpha value is -3.01. The van der Waals surface area contributed by atoms with E-state index < -0.39 is 11.0 Å². The molecule has 25 heavy (non-hydrogen) atoms. The Morgan fingerprint density at radius 1 is 1.28 bits per heavy atom. The van der Waals surface area contributed by atoms with Crippen LogP contribution in [0.1, 0.15) is 24.2 Å². The first-order valence-corrected chi connectivity index (χ1v) is 7.71. The van der Waals surface area contributed by atoms with Gasteiger partial charge in [-0.1, -0.05) is 17.3 Å². The third kappa shape index (κ3) is 5.84. The Kier molecular flexibility index (Phi) is 6.40. The average molecular weight is 348 g/mol. The van der Waals surface area contributed by atoms with E-state index in [2.05, 4.69) is 26.1 Å². The number of carbonyl (C=O) groups is 1. The predicted molar refractivity (Wildman–Crippen MR) is 88.7 cm³/mol. The Labute approximate surface area is 144 Å². The second-order valence-electron chi connectivity index (χ2n) is 5.46. The number of benzene rings is 1. The van der Waals surface area contributed by atoms with Crippen molar-refractivity contribution in [3.05, 3.63) is 51.7 Å². The quantitative estimate of drug-likeness (QED) is 0.480. The maximum atomic E-state index is 11.8. The Balaban J connectivity index is 1.74. The second-order valence-corrected chi connectivity index (χ2v) is 5.46. The van der Waals surface area contributed by atoms with Gasteiger partial charge in [-0.2, -0.15) is 4.98 Å². The molecule has 0 saturated heterocycles. The first-order valence-electron chi connectivity index (χ1n) is 7.71. The molecule has 1 heterocycles. The molecule has 1 atom stereocenters. The average Bonchev–Trinajstić information content (AvgIpc) is 3.05. The lowest BCUT2D eigenvalue weighted by Gasteiger charge is -2.06. The van der Waals surface area contributed by atoms with Gasteiger partial charge >= 0.3 is 6.03 Å². The highest BCUT2D eigenvalue weighted by atomic mass is 16.6. The largest absolute Gasteiger partial charge is 0.337 e. The second kappa shape index (κ2) is 8.73. The SMILES string of the molecule is CNC(C)Cc1noc(CNC(=O)NCc2ccc([N+](=O)[O-])cc2)n1. The molecule has 10 nitrogen and oxygen atoms in total. The minimum Gasteiger partial charge on any atom is -0.337 e. The molecule has 3 N–H and O–H groups in total. The number of nitrogens with one attached hydrogen (secondary N) is 3. The Morgan fingerprint density at radius 2 is 1.96 bits per heavy atom.